The first-order valence-corrected chi connectivity index (χ1v) is 12.7. The fraction of sp³-hybridized carbons (Fsp3) is 0.360. The Bertz CT molecular complexity index is 1200. The molecule has 6 nitrogen and oxygen atoms in total. The van der Waals surface area contributed by atoms with Gasteiger partial charge >= 0.3 is 0 Å². The molecule has 0 aliphatic heterocycles. The van der Waals surface area contributed by atoms with Gasteiger partial charge in [-0.05, 0) is 63.4 Å². The highest BCUT2D eigenvalue weighted by atomic mass is 32.2. The summed E-state index contributed by atoms with van der Waals surface area (Å²) in [7, 11) is -3.08. The van der Waals surface area contributed by atoms with Crippen LogP contribution in [0.3, 0.4) is 0 Å². The van der Waals surface area contributed by atoms with Crippen molar-refractivity contribution in [1.82, 2.24) is 10.3 Å². The molecule has 2 aromatic carbocycles. The number of hydrogen-bond donors (Lipinski definition) is 2. The lowest BCUT2D eigenvalue weighted by molar-refractivity contribution is 0.0920. The van der Waals surface area contributed by atoms with Gasteiger partial charge in [0.05, 0.1) is 22.5 Å². The monoisotopic (exact) mass is 453 g/mol. The van der Waals surface area contributed by atoms with Crippen LogP contribution in [0.5, 0.6) is 0 Å². The standard InChI is InChI=1S/C25H31N3O3S/c1-5-14-32(30,31)15-13-18-11-12-22-20(16-18)23(27-19-9-7-6-8-10-19)21(17-26-22)24(29)28-25(2,3)4/h6-12,16-17H,5,13-15H2,1-4H3,(H,26,27)(H,28,29). The van der Waals surface area contributed by atoms with Crippen LogP contribution in [0.1, 0.15) is 50.0 Å². The molecule has 170 valence electrons. The number of para-hydroxylation sites is 1. The molecule has 1 heterocycles. The summed E-state index contributed by atoms with van der Waals surface area (Å²) in [6, 6.07) is 15.3. The third-order valence-corrected chi connectivity index (χ3v) is 6.78. The van der Waals surface area contributed by atoms with Crippen LogP contribution in [-0.4, -0.2) is 36.4 Å². The van der Waals surface area contributed by atoms with Gasteiger partial charge in [0, 0.05) is 28.6 Å². The van der Waals surface area contributed by atoms with Crippen molar-refractivity contribution in [3.8, 4) is 0 Å². The van der Waals surface area contributed by atoms with Crippen LogP contribution < -0.4 is 10.6 Å². The topological polar surface area (TPSA) is 88.2 Å². The zero-order valence-electron chi connectivity index (χ0n) is 19.1. The zero-order valence-corrected chi connectivity index (χ0v) is 19.9. The average Bonchev–Trinajstić information content (AvgIpc) is 2.72. The Kier molecular flexibility index (Phi) is 7.19. The second kappa shape index (κ2) is 9.69. The number of aromatic nitrogens is 1. The first-order chi connectivity index (χ1) is 15.1. The van der Waals surface area contributed by atoms with E-state index in [2.05, 4.69) is 15.6 Å². The Labute approximate surface area is 190 Å². The van der Waals surface area contributed by atoms with E-state index in [0.29, 0.717) is 24.1 Å². The molecule has 2 N–H and O–H groups in total. The van der Waals surface area contributed by atoms with Crippen LogP contribution in [0.2, 0.25) is 0 Å². The lowest BCUT2D eigenvalue weighted by atomic mass is 10.0. The maximum absolute atomic E-state index is 13.1. The molecule has 0 spiro atoms. The Morgan fingerprint density at radius 3 is 2.41 bits per heavy atom. The summed E-state index contributed by atoms with van der Waals surface area (Å²) in [5, 5.41) is 7.16. The van der Waals surface area contributed by atoms with Crippen LogP contribution >= 0.6 is 0 Å². The molecule has 0 saturated heterocycles. The summed E-state index contributed by atoms with van der Waals surface area (Å²) in [4.78, 5) is 17.6. The van der Waals surface area contributed by atoms with E-state index < -0.39 is 15.4 Å². The van der Waals surface area contributed by atoms with Crippen molar-refractivity contribution in [3.63, 3.8) is 0 Å². The summed E-state index contributed by atoms with van der Waals surface area (Å²) in [6.45, 7) is 7.65. The first-order valence-electron chi connectivity index (χ1n) is 10.8. The maximum atomic E-state index is 13.1. The van der Waals surface area contributed by atoms with Crippen LogP contribution in [0.15, 0.2) is 54.7 Å². The number of amides is 1. The highest BCUT2D eigenvalue weighted by Gasteiger charge is 2.21. The number of benzene rings is 2. The molecule has 7 heteroatoms. The van der Waals surface area contributed by atoms with E-state index in [4.69, 9.17) is 0 Å². The summed E-state index contributed by atoms with van der Waals surface area (Å²) >= 11 is 0. The third kappa shape index (κ3) is 6.29. The number of pyridine rings is 1. The minimum atomic E-state index is -3.08. The van der Waals surface area contributed by atoms with Gasteiger partial charge < -0.3 is 10.6 Å². The van der Waals surface area contributed by atoms with Crippen molar-refractivity contribution in [1.29, 1.82) is 0 Å². The number of sulfone groups is 1. The molecule has 3 aromatic rings. The van der Waals surface area contributed by atoms with Crippen molar-refractivity contribution >= 4 is 38.0 Å². The van der Waals surface area contributed by atoms with E-state index in [-0.39, 0.29) is 17.4 Å². The largest absolute Gasteiger partial charge is 0.354 e. The lowest BCUT2D eigenvalue weighted by Crippen LogP contribution is -2.40. The number of carbonyl (C=O) groups is 1. The quantitative estimate of drug-likeness (QED) is 0.508. The summed E-state index contributed by atoms with van der Waals surface area (Å²) in [6.07, 6.45) is 2.61. The van der Waals surface area contributed by atoms with Gasteiger partial charge in [0.1, 0.15) is 0 Å². The van der Waals surface area contributed by atoms with Crippen molar-refractivity contribution in [3.05, 3.63) is 65.9 Å². The molecular formula is C25H31N3O3S. The number of carbonyl (C=O) groups excluding carboxylic acids is 1. The first kappa shape index (κ1) is 23.7. The zero-order chi connectivity index (χ0) is 23.4. The van der Waals surface area contributed by atoms with Crippen molar-refractivity contribution in [2.45, 2.75) is 46.1 Å². The van der Waals surface area contributed by atoms with E-state index in [1.54, 1.807) is 6.20 Å². The number of nitrogens with one attached hydrogen (secondary N) is 2. The summed E-state index contributed by atoms with van der Waals surface area (Å²) in [5.74, 6) is 0.0761. The van der Waals surface area contributed by atoms with Gasteiger partial charge in [0.15, 0.2) is 9.84 Å². The average molecular weight is 454 g/mol. The number of nitrogens with zero attached hydrogens (tertiary/aromatic N) is 1. The predicted molar refractivity (Wildman–Crippen MR) is 131 cm³/mol. The molecule has 0 aliphatic carbocycles. The van der Waals surface area contributed by atoms with Gasteiger partial charge in [-0.25, -0.2) is 8.42 Å². The van der Waals surface area contributed by atoms with Gasteiger partial charge in [-0.3, -0.25) is 9.78 Å². The maximum Gasteiger partial charge on any atom is 0.255 e. The van der Waals surface area contributed by atoms with E-state index in [0.717, 1.165) is 22.2 Å². The van der Waals surface area contributed by atoms with Gasteiger partial charge in [-0.1, -0.05) is 31.2 Å². The third-order valence-electron chi connectivity index (χ3n) is 4.93. The highest BCUT2D eigenvalue weighted by molar-refractivity contribution is 7.91. The van der Waals surface area contributed by atoms with E-state index >= 15 is 0 Å². The van der Waals surface area contributed by atoms with E-state index in [9.17, 15) is 13.2 Å². The Morgan fingerprint density at radius 1 is 1.03 bits per heavy atom. The predicted octanol–water partition coefficient (Wildman–Crippen LogP) is 4.87. The van der Waals surface area contributed by atoms with Crippen molar-refractivity contribution in [2.24, 2.45) is 0 Å². The SMILES string of the molecule is CCCS(=O)(=O)CCc1ccc2ncc(C(=O)NC(C)(C)C)c(Nc3ccccc3)c2c1. The Balaban J connectivity index is 2.06. The van der Waals surface area contributed by atoms with Crippen LogP contribution in [0.4, 0.5) is 11.4 Å². The number of aryl methyl sites for hydroxylation is 1. The molecule has 0 saturated carbocycles. The number of anilines is 2. The van der Waals surface area contributed by atoms with Gasteiger partial charge in [0.25, 0.3) is 5.91 Å². The Hall–Kier alpha value is -2.93. The molecule has 0 radical (unpaired) electrons. The number of hydrogen-bond acceptors (Lipinski definition) is 5. The molecule has 0 unspecified atom stereocenters. The molecule has 3 rings (SSSR count). The fourth-order valence-electron chi connectivity index (χ4n) is 3.46. The minimum Gasteiger partial charge on any atom is -0.354 e. The fourth-order valence-corrected chi connectivity index (χ4v) is 4.84. The van der Waals surface area contributed by atoms with Gasteiger partial charge in [-0.15, -0.1) is 0 Å². The number of fused-ring (bicyclic) bond motifs is 1. The lowest BCUT2D eigenvalue weighted by Gasteiger charge is -2.22. The molecule has 32 heavy (non-hydrogen) atoms. The molecule has 0 aliphatic rings. The highest BCUT2D eigenvalue weighted by Crippen LogP contribution is 2.30. The van der Waals surface area contributed by atoms with Crippen molar-refractivity contribution < 1.29 is 13.2 Å². The van der Waals surface area contributed by atoms with Gasteiger partial charge in [-0.2, -0.15) is 0 Å². The second-order valence-corrected chi connectivity index (χ2v) is 11.3. The minimum absolute atomic E-state index is 0.103. The summed E-state index contributed by atoms with van der Waals surface area (Å²) in [5.41, 5.74) is 3.17. The van der Waals surface area contributed by atoms with Crippen LogP contribution in [0.25, 0.3) is 10.9 Å². The van der Waals surface area contributed by atoms with E-state index in [1.165, 1.54) is 0 Å². The molecule has 0 atom stereocenters. The van der Waals surface area contributed by atoms with Gasteiger partial charge in [0.2, 0.25) is 0 Å². The van der Waals surface area contributed by atoms with E-state index in [1.807, 2.05) is 76.2 Å². The molecule has 1 amide bonds. The molecule has 0 fully saturated rings. The molecule has 1 aromatic heterocycles. The normalized spacial score (nSPS) is 12.0. The smallest absolute Gasteiger partial charge is 0.255 e. The number of rotatable bonds is 8. The van der Waals surface area contributed by atoms with Crippen molar-refractivity contribution in [2.75, 3.05) is 16.8 Å². The van der Waals surface area contributed by atoms with Crippen LogP contribution in [-0.2, 0) is 16.3 Å². The second-order valence-electron chi connectivity index (χ2n) is 9.00. The molecular weight excluding hydrogens is 422 g/mol. The molecule has 0 bridgehead atoms. The van der Waals surface area contributed by atoms with Crippen LogP contribution in [0, 0.1) is 0 Å². The Morgan fingerprint density at radius 2 is 1.75 bits per heavy atom. The summed E-state index contributed by atoms with van der Waals surface area (Å²) < 4.78 is 24.3.